The van der Waals surface area contributed by atoms with Crippen molar-refractivity contribution < 1.29 is 0 Å². The standard InChI is InChI=1S/C12H13N3S/c1-8-3-4-10(13)11(5-8)16-12-14-6-9(2)7-15-12/h3-7H,13H2,1-2H3. The Kier molecular flexibility index (Phi) is 3.10. The van der Waals surface area contributed by atoms with Gasteiger partial charge in [0.15, 0.2) is 5.16 Å². The second-order valence-corrected chi connectivity index (χ2v) is 4.70. The molecule has 0 fully saturated rings. The number of nitrogen functional groups attached to an aromatic ring is 1. The molecule has 4 heteroatoms. The molecule has 1 aromatic carbocycles. The Morgan fingerprint density at radius 3 is 2.44 bits per heavy atom. The highest BCUT2D eigenvalue weighted by Gasteiger charge is 2.04. The molecule has 0 aliphatic rings. The Morgan fingerprint density at radius 1 is 1.06 bits per heavy atom. The Bertz CT molecular complexity index is 494. The molecule has 2 N–H and O–H groups in total. The molecule has 2 rings (SSSR count). The van der Waals surface area contributed by atoms with Crippen LogP contribution in [-0.4, -0.2) is 9.97 Å². The average Bonchev–Trinajstić information content (AvgIpc) is 2.27. The maximum Gasteiger partial charge on any atom is 0.192 e. The summed E-state index contributed by atoms with van der Waals surface area (Å²) in [4.78, 5) is 9.48. The van der Waals surface area contributed by atoms with Gasteiger partial charge in [-0.15, -0.1) is 0 Å². The van der Waals surface area contributed by atoms with Gasteiger partial charge in [-0.2, -0.15) is 0 Å². The lowest BCUT2D eigenvalue weighted by Crippen LogP contribution is -1.91. The van der Waals surface area contributed by atoms with Crippen LogP contribution in [0.15, 0.2) is 40.6 Å². The van der Waals surface area contributed by atoms with Crippen molar-refractivity contribution in [2.45, 2.75) is 23.9 Å². The van der Waals surface area contributed by atoms with Crippen LogP contribution >= 0.6 is 11.8 Å². The van der Waals surface area contributed by atoms with Crippen LogP contribution in [0.1, 0.15) is 11.1 Å². The molecule has 0 spiro atoms. The van der Waals surface area contributed by atoms with Crippen molar-refractivity contribution in [1.82, 2.24) is 9.97 Å². The van der Waals surface area contributed by atoms with Gasteiger partial charge >= 0.3 is 0 Å². The van der Waals surface area contributed by atoms with E-state index in [0.717, 1.165) is 21.3 Å². The predicted molar refractivity (Wildman–Crippen MR) is 66.5 cm³/mol. The number of anilines is 1. The zero-order valence-corrected chi connectivity index (χ0v) is 10.1. The average molecular weight is 231 g/mol. The maximum absolute atomic E-state index is 5.89. The molecular formula is C12H13N3S. The molecule has 16 heavy (non-hydrogen) atoms. The van der Waals surface area contributed by atoms with E-state index in [1.54, 1.807) is 12.4 Å². The SMILES string of the molecule is Cc1cnc(Sc2cc(C)ccc2N)nc1. The molecule has 0 unspecified atom stereocenters. The van der Waals surface area contributed by atoms with Gasteiger partial charge < -0.3 is 5.73 Å². The van der Waals surface area contributed by atoms with Gasteiger partial charge in [0.05, 0.1) is 0 Å². The first-order valence-electron chi connectivity index (χ1n) is 4.98. The van der Waals surface area contributed by atoms with Crippen molar-refractivity contribution in [3.05, 3.63) is 41.7 Å². The minimum atomic E-state index is 0.725. The summed E-state index contributed by atoms with van der Waals surface area (Å²) >= 11 is 1.49. The first kappa shape index (κ1) is 11.0. The molecule has 2 aromatic rings. The number of hydrogen-bond donors (Lipinski definition) is 1. The van der Waals surface area contributed by atoms with Crippen molar-refractivity contribution in [3.63, 3.8) is 0 Å². The first-order chi connectivity index (χ1) is 7.65. The van der Waals surface area contributed by atoms with Gasteiger partial charge in [-0.1, -0.05) is 6.07 Å². The summed E-state index contributed by atoms with van der Waals surface area (Å²) in [6, 6.07) is 5.95. The third kappa shape index (κ3) is 2.52. The third-order valence-corrected chi connectivity index (χ3v) is 3.09. The summed E-state index contributed by atoms with van der Waals surface area (Å²) in [5.74, 6) is 0. The van der Waals surface area contributed by atoms with E-state index >= 15 is 0 Å². The molecule has 0 aliphatic carbocycles. The molecule has 1 aromatic heterocycles. The van der Waals surface area contributed by atoms with Crippen LogP contribution in [0.2, 0.25) is 0 Å². The zero-order valence-electron chi connectivity index (χ0n) is 9.27. The minimum absolute atomic E-state index is 0.725. The number of aromatic nitrogens is 2. The molecule has 0 atom stereocenters. The molecule has 3 nitrogen and oxygen atoms in total. The van der Waals surface area contributed by atoms with Crippen LogP contribution in [0, 0.1) is 13.8 Å². The Hall–Kier alpha value is -1.55. The fourth-order valence-corrected chi connectivity index (χ4v) is 2.10. The predicted octanol–water partition coefficient (Wildman–Crippen LogP) is 2.83. The highest BCUT2D eigenvalue weighted by molar-refractivity contribution is 7.99. The van der Waals surface area contributed by atoms with Crippen molar-refractivity contribution in [2.24, 2.45) is 0 Å². The van der Waals surface area contributed by atoms with Gasteiger partial charge in [0.25, 0.3) is 0 Å². The monoisotopic (exact) mass is 231 g/mol. The largest absolute Gasteiger partial charge is 0.398 e. The van der Waals surface area contributed by atoms with Gasteiger partial charge in [0.2, 0.25) is 0 Å². The normalized spacial score (nSPS) is 10.4. The Balaban J connectivity index is 2.26. The number of nitrogens with two attached hydrogens (primary N) is 1. The molecule has 0 bridgehead atoms. The van der Waals surface area contributed by atoms with Gasteiger partial charge in [0.1, 0.15) is 0 Å². The van der Waals surface area contributed by atoms with E-state index in [2.05, 4.69) is 9.97 Å². The van der Waals surface area contributed by atoms with E-state index in [1.807, 2.05) is 32.0 Å². The van der Waals surface area contributed by atoms with E-state index in [0.29, 0.717) is 0 Å². The summed E-state index contributed by atoms with van der Waals surface area (Å²) in [7, 11) is 0. The van der Waals surface area contributed by atoms with E-state index in [9.17, 15) is 0 Å². The van der Waals surface area contributed by atoms with Crippen LogP contribution in [0.3, 0.4) is 0 Å². The van der Waals surface area contributed by atoms with Crippen molar-refractivity contribution in [2.75, 3.05) is 5.73 Å². The molecule has 0 saturated heterocycles. The number of aryl methyl sites for hydroxylation is 2. The molecular weight excluding hydrogens is 218 g/mol. The van der Waals surface area contributed by atoms with Gasteiger partial charge in [0, 0.05) is 23.0 Å². The molecule has 0 radical (unpaired) electrons. The maximum atomic E-state index is 5.89. The zero-order chi connectivity index (χ0) is 11.5. The summed E-state index contributed by atoms with van der Waals surface area (Å²) in [5.41, 5.74) is 8.90. The fraction of sp³-hybridized carbons (Fsp3) is 0.167. The highest BCUT2D eigenvalue weighted by Crippen LogP contribution is 2.30. The first-order valence-corrected chi connectivity index (χ1v) is 5.79. The van der Waals surface area contributed by atoms with Crippen molar-refractivity contribution >= 4 is 17.4 Å². The van der Waals surface area contributed by atoms with E-state index in [-0.39, 0.29) is 0 Å². The van der Waals surface area contributed by atoms with E-state index in [4.69, 9.17) is 5.73 Å². The van der Waals surface area contributed by atoms with E-state index in [1.165, 1.54) is 17.3 Å². The summed E-state index contributed by atoms with van der Waals surface area (Å²) in [6.45, 7) is 4.01. The molecule has 0 amide bonds. The van der Waals surface area contributed by atoms with E-state index < -0.39 is 0 Å². The number of nitrogens with zero attached hydrogens (tertiary/aromatic N) is 2. The number of benzene rings is 1. The van der Waals surface area contributed by atoms with Crippen LogP contribution in [0.5, 0.6) is 0 Å². The Labute approximate surface area is 99.1 Å². The summed E-state index contributed by atoms with van der Waals surface area (Å²) in [5, 5.41) is 0.725. The topological polar surface area (TPSA) is 51.8 Å². The van der Waals surface area contributed by atoms with Crippen molar-refractivity contribution in [3.8, 4) is 0 Å². The van der Waals surface area contributed by atoms with Crippen LogP contribution in [0.25, 0.3) is 0 Å². The van der Waals surface area contributed by atoms with Crippen LogP contribution in [0.4, 0.5) is 5.69 Å². The lowest BCUT2D eigenvalue weighted by atomic mass is 10.2. The van der Waals surface area contributed by atoms with Gasteiger partial charge in [-0.05, 0) is 48.9 Å². The molecule has 0 saturated carbocycles. The quantitative estimate of drug-likeness (QED) is 0.638. The number of hydrogen-bond acceptors (Lipinski definition) is 4. The van der Waals surface area contributed by atoms with Crippen LogP contribution < -0.4 is 5.73 Å². The van der Waals surface area contributed by atoms with Crippen LogP contribution in [-0.2, 0) is 0 Å². The molecule has 1 heterocycles. The fourth-order valence-electron chi connectivity index (χ4n) is 1.26. The minimum Gasteiger partial charge on any atom is -0.398 e. The smallest absolute Gasteiger partial charge is 0.192 e. The van der Waals surface area contributed by atoms with Crippen molar-refractivity contribution in [1.29, 1.82) is 0 Å². The summed E-state index contributed by atoms with van der Waals surface area (Å²) in [6.07, 6.45) is 3.61. The third-order valence-electron chi connectivity index (χ3n) is 2.13. The van der Waals surface area contributed by atoms with Gasteiger partial charge in [-0.3, -0.25) is 0 Å². The molecule has 0 aliphatic heterocycles. The van der Waals surface area contributed by atoms with Gasteiger partial charge in [-0.25, -0.2) is 9.97 Å². The second kappa shape index (κ2) is 4.53. The summed E-state index contributed by atoms with van der Waals surface area (Å²) < 4.78 is 0. The lowest BCUT2D eigenvalue weighted by Gasteiger charge is -2.05. The lowest BCUT2D eigenvalue weighted by molar-refractivity contribution is 0.950. The number of rotatable bonds is 2. The molecule has 82 valence electrons. The Morgan fingerprint density at radius 2 is 1.75 bits per heavy atom. The second-order valence-electron chi connectivity index (χ2n) is 3.69. The highest BCUT2D eigenvalue weighted by atomic mass is 32.2.